The maximum Gasteiger partial charge on any atom is 0.401 e. The summed E-state index contributed by atoms with van der Waals surface area (Å²) in [6.07, 6.45) is 1.13. The Balaban J connectivity index is 1.77. The summed E-state index contributed by atoms with van der Waals surface area (Å²) in [6.45, 7) is 1.04. The van der Waals surface area contributed by atoms with Gasteiger partial charge in [0.2, 0.25) is 0 Å². The van der Waals surface area contributed by atoms with Crippen LogP contribution in [0.5, 0.6) is 0 Å². The van der Waals surface area contributed by atoms with Crippen LogP contribution in [0.4, 0.5) is 13.2 Å². The van der Waals surface area contributed by atoms with Gasteiger partial charge in [-0.1, -0.05) is 0 Å². The third-order valence-electron chi connectivity index (χ3n) is 3.16. The van der Waals surface area contributed by atoms with Gasteiger partial charge in [0.1, 0.15) is 0 Å². The Bertz CT molecular complexity index is 383. The fourth-order valence-corrected chi connectivity index (χ4v) is 2.61. The van der Waals surface area contributed by atoms with E-state index in [1.54, 1.807) is 6.20 Å². The molecule has 3 nitrogen and oxygen atoms in total. The Labute approximate surface area is 112 Å². The largest absolute Gasteiger partial charge is 0.401 e. The minimum absolute atomic E-state index is 0.418. The molecule has 1 aliphatic rings. The van der Waals surface area contributed by atoms with E-state index < -0.39 is 12.7 Å². The van der Waals surface area contributed by atoms with Gasteiger partial charge in [0.25, 0.3) is 0 Å². The van der Waals surface area contributed by atoms with Crippen LogP contribution < -0.4 is 0 Å². The molecule has 1 aromatic heterocycles. The summed E-state index contributed by atoms with van der Waals surface area (Å²) in [6, 6.07) is 0. The predicted octanol–water partition coefficient (Wildman–Crippen LogP) is 2.92. The zero-order valence-electron chi connectivity index (χ0n) is 9.83. The molecule has 1 saturated heterocycles. The molecular weight excluding hydrogens is 311 g/mol. The molecule has 0 aliphatic carbocycles. The standard InChI is InChI=1S/C11H15BrF3N3/c12-10-5-16-18(7-10)6-9-1-3-17(4-2-9)8-11(13,14)15/h5,7,9H,1-4,6,8H2. The lowest BCUT2D eigenvalue weighted by Gasteiger charge is -2.32. The van der Waals surface area contributed by atoms with E-state index in [2.05, 4.69) is 21.0 Å². The smallest absolute Gasteiger partial charge is 0.295 e. The van der Waals surface area contributed by atoms with E-state index in [1.807, 2.05) is 10.9 Å². The van der Waals surface area contributed by atoms with E-state index in [0.29, 0.717) is 19.0 Å². The number of piperidine rings is 1. The fourth-order valence-electron chi connectivity index (χ4n) is 2.28. The van der Waals surface area contributed by atoms with Crippen molar-refractivity contribution in [2.45, 2.75) is 25.6 Å². The monoisotopic (exact) mass is 325 g/mol. The summed E-state index contributed by atoms with van der Waals surface area (Å²) in [5, 5.41) is 4.16. The zero-order valence-corrected chi connectivity index (χ0v) is 11.4. The second kappa shape index (κ2) is 5.61. The number of hydrogen-bond acceptors (Lipinski definition) is 2. The van der Waals surface area contributed by atoms with Crippen molar-refractivity contribution in [2.24, 2.45) is 5.92 Å². The average molecular weight is 326 g/mol. The van der Waals surface area contributed by atoms with Crippen LogP contribution in [0.2, 0.25) is 0 Å². The predicted molar refractivity (Wildman–Crippen MR) is 65.1 cm³/mol. The molecule has 102 valence electrons. The molecule has 0 radical (unpaired) electrons. The van der Waals surface area contributed by atoms with Gasteiger partial charge in [-0.05, 0) is 47.8 Å². The fraction of sp³-hybridized carbons (Fsp3) is 0.727. The molecule has 18 heavy (non-hydrogen) atoms. The highest BCUT2D eigenvalue weighted by atomic mass is 79.9. The maximum absolute atomic E-state index is 12.2. The summed E-state index contributed by atoms with van der Waals surface area (Å²) < 4.78 is 39.4. The van der Waals surface area contributed by atoms with Crippen molar-refractivity contribution in [3.8, 4) is 0 Å². The van der Waals surface area contributed by atoms with Crippen LogP contribution in [0.1, 0.15) is 12.8 Å². The molecule has 0 bridgehead atoms. The molecule has 1 aliphatic heterocycles. The van der Waals surface area contributed by atoms with Crippen molar-refractivity contribution in [2.75, 3.05) is 19.6 Å². The van der Waals surface area contributed by atoms with Crippen LogP contribution in [0.25, 0.3) is 0 Å². The molecule has 0 atom stereocenters. The van der Waals surface area contributed by atoms with Gasteiger partial charge in [-0.25, -0.2) is 0 Å². The number of alkyl halides is 3. The van der Waals surface area contributed by atoms with Gasteiger partial charge in [0.15, 0.2) is 0 Å². The molecule has 0 amide bonds. The summed E-state index contributed by atoms with van der Waals surface area (Å²) in [5.41, 5.74) is 0. The van der Waals surface area contributed by atoms with E-state index >= 15 is 0 Å². The minimum Gasteiger partial charge on any atom is -0.295 e. The van der Waals surface area contributed by atoms with Gasteiger partial charge in [-0.3, -0.25) is 9.58 Å². The highest BCUT2D eigenvalue weighted by Crippen LogP contribution is 2.23. The highest BCUT2D eigenvalue weighted by Gasteiger charge is 2.32. The van der Waals surface area contributed by atoms with E-state index in [4.69, 9.17) is 0 Å². The van der Waals surface area contributed by atoms with Crippen molar-refractivity contribution >= 4 is 15.9 Å². The molecule has 0 spiro atoms. The van der Waals surface area contributed by atoms with Crippen LogP contribution in [-0.2, 0) is 6.54 Å². The van der Waals surface area contributed by atoms with Crippen molar-refractivity contribution in [3.63, 3.8) is 0 Å². The van der Waals surface area contributed by atoms with Gasteiger partial charge in [-0.15, -0.1) is 0 Å². The second-order valence-corrected chi connectivity index (χ2v) is 5.63. The third-order valence-corrected chi connectivity index (χ3v) is 3.57. The Morgan fingerprint density at radius 3 is 2.50 bits per heavy atom. The summed E-state index contributed by atoms with van der Waals surface area (Å²) in [7, 11) is 0. The Hall–Kier alpha value is -0.560. The molecular formula is C11H15BrF3N3. The first kappa shape index (κ1) is 13.9. The van der Waals surface area contributed by atoms with Crippen LogP contribution >= 0.6 is 15.9 Å². The van der Waals surface area contributed by atoms with Crippen LogP contribution in [0.15, 0.2) is 16.9 Å². The van der Waals surface area contributed by atoms with Crippen molar-refractivity contribution in [1.82, 2.24) is 14.7 Å². The normalized spacial score (nSPS) is 19.3. The number of nitrogens with zero attached hydrogens (tertiary/aromatic N) is 3. The molecule has 2 heterocycles. The molecule has 2 rings (SSSR count). The first-order chi connectivity index (χ1) is 8.42. The van der Waals surface area contributed by atoms with Crippen LogP contribution in [-0.4, -0.2) is 40.5 Å². The summed E-state index contributed by atoms with van der Waals surface area (Å²) in [4.78, 5) is 1.48. The molecule has 0 saturated carbocycles. The van der Waals surface area contributed by atoms with E-state index in [9.17, 15) is 13.2 Å². The first-order valence-corrected chi connectivity index (χ1v) is 6.69. The van der Waals surface area contributed by atoms with Gasteiger partial charge < -0.3 is 0 Å². The Kier molecular flexibility index (Phi) is 4.32. The Morgan fingerprint density at radius 2 is 2.00 bits per heavy atom. The number of likely N-dealkylation sites (tertiary alicyclic amines) is 1. The lowest BCUT2D eigenvalue weighted by Crippen LogP contribution is -2.40. The molecule has 0 N–H and O–H groups in total. The molecule has 1 aromatic rings. The first-order valence-electron chi connectivity index (χ1n) is 5.89. The lowest BCUT2D eigenvalue weighted by atomic mass is 9.97. The van der Waals surface area contributed by atoms with Gasteiger partial charge >= 0.3 is 6.18 Å². The van der Waals surface area contributed by atoms with Crippen molar-refractivity contribution in [1.29, 1.82) is 0 Å². The van der Waals surface area contributed by atoms with Crippen LogP contribution in [0, 0.1) is 5.92 Å². The van der Waals surface area contributed by atoms with Crippen molar-refractivity contribution < 1.29 is 13.2 Å². The summed E-state index contributed by atoms with van der Waals surface area (Å²) >= 11 is 3.32. The molecule has 7 heteroatoms. The topological polar surface area (TPSA) is 21.1 Å². The lowest BCUT2D eigenvalue weighted by molar-refractivity contribution is -0.148. The third kappa shape index (κ3) is 4.28. The second-order valence-electron chi connectivity index (χ2n) is 4.72. The van der Waals surface area contributed by atoms with E-state index in [-0.39, 0.29) is 0 Å². The quantitative estimate of drug-likeness (QED) is 0.852. The number of aromatic nitrogens is 2. The SMILES string of the molecule is FC(F)(F)CN1CCC(Cn2cc(Br)cn2)CC1. The van der Waals surface area contributed by atoms with Gasteiger partial charge in [-0.2, -0.15) is 18.3 Å². The average Bonchev–Trinajstić information content (AvgIpc) is 2.65. The van der Waals surface area contributed by atoms with Crippen LogP contribution in [0.3, 0.4) is 0 Å². The minimum atomic E-state index is -4.08. The zero-order chi connectivity index (χ0) is 13.2. The summed E-state index contributed by atoms with van der Waals surface area (Å²) in [5.74, 6) is 0.418. The van der Waals surface area contributed by atoms with Crippen molar-refractivity contribution in [3.05, 3.63) is 16.9 Å². The Morgan fingerprint density at radius 1 is 1.33 bits per heavy atom. The number of hydrogen-bond donors (Lipinski definition) is 0. The molecule has 0 aromatic carbocycles. The van der Waals surface area contributed by atoms with Gasteiger partial charge in [0.05, 0.1) is 17.2 Å². The molecule has 1 fully saturated rings. The maximum atomic E-state index is 12.2. The highest BCUT2D eigenvalue weighted by molar-refractivity contribution is 9.10. The van der Waals surface area contributed by atoms with E-state index in [1.165, 1.54) is 4.90 Å². The number of halogens is 4. The van der Waals surface area contributed by atoms with Gasteiger partial charge in [0, 0.05) is 12.7 Å². The number of rotatable bonds is 3. The molecule has 0 unspecified atom stereocenters. The van der Waals surface area contributed by atoms with E-state index in [0.717, 1.165) is 23.9 Å².